The van der Waals surface area contributed by atoms with Gasteiger partial charge in [-0.2, -0.15) is 0 Å². The Bertz CT molecular complexity index is 175. The van der Waals surface area contributed by atoms with Crippen molar-refractivity contribution in [2.45, 2.75) is 54.0 Å². The molecule has 0 bridgehead atoms. The maximum atomic E-state index is 5.68. The molecule has 0 aromatic heterocycles. The molecule has 0 heterocycles. The van der Waals surface area contributed by atoms with Gasteiger partial charge in [-0.05, 0) is 24.7 Å². The second kappa shape index (κ2) is 4.19. The Labute approximate surface area is 89.6 Å². The number of hydrogen-bond acceptors (Lipinski definition) is 2. The van der Waals surface area contributed by atoms with E-state index in [9.17, 15) is 0 Å². The predicted octanol–water partition coefficient (Wildman–Crippen LogP) is 2.39. The van der Waals surface area contributed by atoms with Crippen LogP contribution in [0.3, 0.4) is 0 Å². The number of hydrogen-bond donors (Lipinski definition) is 2. The van der Waals surface area contributed by atoms with Crippen LogP contribution in [-0.2, 0) is 0 Å². The molecule has 2 nitrogen and oxygen atoms in total. The smallest absolute Gasteiger partial charge is 0.0247 e. The summed E-state index contributed by atoms with van der Waals surface area (Å²) in [6, 6.07) is 0. The maximum absolute atomic E-state index is 5.68. The highest BCUT2D eigenvalue weighted by atomic mass is 15.0. The highest BCUT2D eigenvalue weighted by molar-refractivity contribution is 4.88. The van der Waals surface area contributed by atoms with Crippen molar-refractivity contribution in [3.05, 3.63) is 0 Å². The molecule has 3 N–H and O–H groups in total. The third-order valence-corrected chi connectivity index (χ3v) is 3.55. The lowest BCUT2D eigenvalue weighted by atomic mass is 9.69. The minimum absolute atomic E-state index is 0.0442. The third-order valence-electron chi connectivity index (χ3n) is 3.55. The summed E-state index contributed by atoms with van der Waals surface area (Å²) >= 11 is 0. The van der Waals surface area contributed by atoms with Gasteiger partial charge < -0.3 is 11.1 Å². The van der Waals surface area contributed by atoms with Gasteiger partial charge in [-0.15, -0.1) is 0 Å². The Morgan fingerprint density at radius 1 is 0.929 bits per heavy atom. The molecular formula is C12H28N2. The maximum Gasteiger partial charge on any atom is 0.0247 e. The van der Waals surface area contributed by atoms with Crippen molar-refractivity contribution in [3.63, 3.8) is 0 Å². The monoisotopic (exact) mass is 200 g/mol. The van der Waals surface area contributed by atoms with Crippen molar-refractivity contribution in [2.75, 3.05) is 13.1 Å². The lowest BCUT2D eigenvalue weighted by Crippen LogP contribution is -2.51. The highest BCUT2D eigenvalue weighted by Gasteiger charge is 2.33. The van der Waals surface area contributed by atoms with Crippen LogP contribution in [-0.4, -0.2) is 18.6 Å². The first-order chi connectivity index (χ1) is 6.02. The van der Waals surface area contributed by atoms with E-state index < -0.39 is 0 Å². The summed E-state index contributed by atoms with van der Waals surface area (Å²) < 4.78 is 0. The van der Waals surface area contributed by atoms with Gasteiger partial charge in [-0.1, -0.05) is 34.6 Å². The Kier molecular flexibility index (Phi) is 4.17. The van der Waals surface area contributed by atoms with E-state index in [1.165, 1.54) is 0 Å². The molecule has 2 heteroatoms. The summed E-state index contributed by atoms with van der Waals surface area (Å²) in [5, 5.41) is 3.53. The van der Waals surface area contributed by atoms with E-state index >= 15 is 0 Å². The van der Waals surface area contributed by atoms with Crippen molar-refractivity contribution in [1.29, 1.82) is 0 Å². The fourth-order valence-electron chi connectivity index (χ4n) is 0.798. The molecule has 0 saturated heterocycles. The summed E-state index contributed by atoms with van der Waals surface area (Å²) in [5.74, 6) is 0. The van der Waals surface area contributed by atoms with Crippen LogP contribution in [0.25, 0.3) is 0 Å². The molecule has 0 aliphatic rings. The Hall–Kier alpha value is -0.0800. The van der Waals surface area contributed by atoms with E-state index in [-0.39, 0.29) is 11.0 Å². The number of rotatable bonds is 4. The zero-order valence-corrected chi connectivity index (χ0v) is 11.0. The lowest BCUT2D eigenvalue weighted by molar-refractivity contribution is 0.117. The number of nitrogens with two attached hydrogens (primary N) is 1. The van der Waals surface area contributed by atoms with E-state index in [0.29, 0.717) is 12.0 Å². The van der Waals surface area contributed by atoms with E-state index in [2.05, 4.69) is 53.8 Å². The predicted molar refractivity (Wildman–Crippen MR) is 64.4 cm³/mol. The fraction of sp³-hybridized carbons (Fsp3) is 1.00. The van der Waals surface area contributed by atoms with Gasteiger partial charge >= 0.3 is 0 Å². The minimum Gasteiger partial charge on any atom is -0.329 e. The van der Waals surface area contributed by atoms with Crippen LogP contribution in [0.15, 0.2) is 0 Å². The molecule has 0 amide bonds. The SMILES string of the molecule is CC(C)(CN)NCC(C)(C)C(C)(C)C. The van der Waals surface area contributed by atoms with E-state index in [4.69, 9.17) is 5.73 Å². The second-order valence-electron chi connectivity index (χ2n) is 6.58. The quantitative estimate of drug-likeness (QED) is 0.731. The standard InChI is InChI=1S/C12H28N2/c1-10(2,3)11(4,5)9-14-12(6,7)8-13/h14H,8-9,13H2,1-7H3. The topological polar surface area (TPSA) is 38.0 Å². The first-order valence-electron chi connectivity index (χ1n) is 5.47. The summed E-state index contributed by atoms with van der Waals surface area (Å²) in [7, 11) is 0. The zero-order valence-electron chi connectivity index (χ0n) is 11.0. The van der Waals surface area contributed by atoms with Crippen LogP contribution in [0.5, 0.6) is 0 Å². The van der Waals surface area contributed by atoms with Gasteiger partial charge in [0, 0.05) is 18.6 Å². The van der Waals surface area contributed by atoms with Crippen LogP contribution < -0.4 is 11.1 Å². The molecule has 0 aromatic rings. The van der Waals surface area contributed by atoms with Crippen LogP contribution in [0.1, 0.15) is 48.5 Å². The van der Waals surface area contributed by atoms with Crippen molar-refractivity contribution >= 4 is 0 Å². The van der Waals surface area contributed by atoms with Crippen LogP contribution >= 0.6 is 0 Å². The molecule has 0 rings (SSSR count). The summed E-state index contributed by atoms with van der Waals surface area (Å²) in [5.41, 5.74) is 6.31. The van der Waals surface area contributed by atoms with Crippen molar-refractivity contribution in [1.82, 2.24) is 5.32 Å². The van der Waals surface area contributed by atoms with Gasteiger partial charge in [0.15, 0.2) is 0 Å². The molecule has 0 radical (unpaired) electrons. The summed E-state index contributed by atoms with van der Waals surface area (Å²) in [6.45, 7) is 17.4. The van der Waals surface area contributed by atoms with E-state index in [0.717, 1.165) is 6.54 Å². The Balaban J connectivity index is 4.27. The van der Waals surface area contributed by atoms with Gasteiger partial charge in [0.25, 0.3) is 0 Å². The highest BCUT2D eigenvalue weighted by Crippen LogP contribution is 2.37. The third kappa shape index (κ3) is 3.97. The molecule has 0 aliphatic carbocycles. The fourth-order valence-corrected chi connectivity index (χ4v) is 0.798. The molecule has 0 unspecified atom stereocenters. The van der Waals surface area contributed by atoms with Crippen molar-refractivity contribution in [3.8, 4) is 0 Å². The molecule has 0 fully saturated rings. The first-order valence-corrected chi connectivity index (χ1v) is 5.47. The molecule has 0 aliphatic heterocycles. The van der Waals surface area contributed by atoms with Gasteiger partial charge in [0.2, 0.25) is 0 Å². The van der Waals surface area contributed by atoms with E-state index in [1.54, 1.807) is 0 Å². The van der Waals surface area contributed by atoms with Crippen LogP contribution in [0, 0.1) is 10.8 Å². The zero-order chi connectivity index (χ0) is 11.6. The van der Waals surface area contributed by atoms with Gasteiger partial charge in [-0.3, -0.25) is 0 Å². The van der Waals surface area contributed by atoms with Gasteiger partial charge in [0.05, 0.1) is 0 Å². The van der Waals surface area contributed by atoms with Crippen LogP contribution in [0.2, 0.25) is 0 Å². The largest absolute Gasteiger partial charge is 0.329 e. The van der Waals surface area contributed by atoms with Crippen molar-refractivity contribution in [2.24, 2.45) is 16.6 Å². The second-order valence-corrected chi connectivity index (χ2v) is 6.58. The minimum atomic E-state index is 0.0442. The first kappa shape index (κ1) is 13.9. The normalized spacial score (nSPS) is 14.6. The number of nitrogens with one attached hydrogen (secondary N) is 1. The van der Waals surface area contributed by atoms with Gasteiger partial charge in [-0.25, -0.2) is 0 Å². The molecule has 0 atom stereocenters. The average molecular weight is 200 g/mol. The molecule has 0 aromatic carbocycles. The Morgan fingerprint density at radius 3 is 1.64 bits per heavy atom. The molecule has 14 heavy (non-hydrogen) atoms. The van der Waals surface area contributed by atoms with Gasteiger partial charge in [0.1, 0.15) is 0 Å². The van der Waals surface area contributed by atoms with Crippen LogP contribution in [0.4, 0.5) is 0 Å². The van der Waals surface area contributed by atoms with Crippen molar-refractivity contribution < 1.29 is 0 Å². The molecular weight excluding hydrogens is 172 g/mol. The average Bonchev–Trinajstić information content (AvgIpc) is 1.99. The van der Waals surface area contributed by atoms with E-state index in [1.807, 2.05) is 0 Å². The molecule has 0 saturated carbocycles. The molecule has 0 spiro atoms. The summed E-state index contributed by atoms with van der Waals surface area (Å²) in [6.07, 6.45) is 0. The summed E-state index contributed by atoms with van der Waals surface area (Å²) in [4.78, 5) is 0. The lowest BCUT2D eigenvalue weighted by Gasteiger charge is -2.41. The Morgan fingerprint density at radius 2 is 1.36 bits per heavy atom. The molecule has 86 valence electrons.